The van der Waals surface area contributed by atoms with Gasteiger partial charge < -0.3 is 9.47 Å². The van der Waals surface area contributed by atoms with E-state index in [-0.39, 0.29) is 23.6 Å². The van der Waals surface area contributed by atoms with Gasteiger partial charge in [0.2, 0.25) is 0 Å². The van der Waals surface area contributed by atoms with E-state index in [2.05, 4.69) is 9.72 Å². The molecule has 4 rings (SSSR count). The normalized spacial score (nSPS) is 20.0. The molecule has 1 fully saturated rings. The van der Waals surface area contributed by atoms with Gasteiger partial charge in [-0.05, 0) is 29.8 Å². The lowest BCUT2D eigenvalue weighted by Crippen LogP contribution is -2.32. The number of hydrogen-bond donors (Lipinski definition) is 0. The summed E-state index contributed by atoms with van der Waals surface area (Å²) < 4.78 is 90.0. The van der Waals surface area contributed by atoms with Crippen molar-refractivity contribution in [2.45, 2.75) is 17.2 Å². The molecule has 168 valence electrons. The van der Waals surface area contributed by atoms with Crippen molar-refractivity contribution in [2.75, 3.05) is 13.2 Å². The number of epoxide rings is 1. The van der Waals surface area contributed by atoms with Crippen molar-refractivity contribution in [1.82, 2.24) is 4.98 Å². The molecule has 2 heterocycles. The van der Waals surface area contributed by atoms with Gasteiger partial charge in [-0.3, -0.25) is 4.98 Å². The van der Waals surface area contributed by atoms with Crippen LogP contribution >= 0.6 is 9.24 Å². The van der Waals surface area contributed by atoms with Gasteiger partial charge in [-0.15, -0.1) is 0 Å². The van der Waals surface area contributed by atoms with Gasteiger partial charge in [-0.25, -0.2) is 13.2 Å². The van der Waals surface area contributed by atoms with E-state index in [1.54, 1.807) is 18.2 Å². The Kier molecular flexibility index (Phi) is 5.67. The summed E-state index contributed by atoms with van der Waals surface area (Å²) in [4.78, 5) is 4.14. The molecule has 1 aliphatic heterocycles. The van der Waals surface area contributed by atoms with Gasteiger partial charge >= 0.3 is 6.18 Å². The van der Waals surface area contributed by atoms with Crippen molar-refractivity contribution in [3.63, 3.8) is 0 Å². The molecule has 0 N–H and O–H groups in total. The molecule has 0 saturated carbocycles. The van der Waals surface area contributed by atoms with Crippen LogP contribution in [0.2, 0.25) is 0 Å². The highest BCUT2D eigenvalue weighted by Crippen LogP contribution is 2.58. The largest absolute Gasteiger partial charge is 0.484 e. The van der Waals surface area contributed by atoms with Crippen LogP contribution in [0.25, 0.3) is 11.1 Å². The summed E-state index contributed by atoms with van der Waals surface area (Å²) in [5.74, 6) is -1.65. The van der Waals surface area contributed by atoms with Gasteiger partial charge in [-0.1, -0.05) is 33.5 Å². The Labute approximate surface area is 181 Å². The van der Waals surface area contributed by atoms with Gasteiger partial charge in [0.25, 0.3) is 0 Å². The monoisotopic (exact) mass is 471 g/mol. The van der Waals surface area contributed by atoms with Crippen molar-refractivity contribution in [2.24, 2.45) is 0 Å². The van der Waals surface area contributed by atoms with E-state index < -0.39 is 35.4 Å². The molecule has 3 aromatic rings. The molecule has 3 unspecified atom stereocenters. The van der Waals surface area contributed by atoms with Crippen molar-refractivity contribution in [3.8, 4) is 16.9 Å². The number of aromatic nitrogens is 1. The van der Waals surface area contributed by atoms with Crippen LogP contribution in [-0.2, 0) is 15.7 Å². The average molecular weight is 471 g/mol. The molecule has 32 heavy (non-hydrogen) atoms. The maximum absolute atomic E-state index is 15.8. The third kappa shape index (κ3) is 4.32. The Bertz CT molecular complexity index is 1110. The Morgan fingerprint density at radius 3 is 2.16 bits per heavy atom. The Morgan fingerprint density at radius 2 is 1.62 bits per heavy atom. The third-order valence-electron chi connectivity index (χ3n) is 5.11. The minimum absolute atomic E-state index is 0.0439. The molecule has 0 spiro atoms. The zero-order valence-electron chi connectivity index (χ0n) is 16.3. The van der Waals surface area contributed by atoms with E-state index in [0.29, 0.717) is 17.2 Å². The predicted octanol–water partition coefficient (Wildman–Crippen LogP) is 5.89. The van der Waals surface area contributed by atoms with Crippen molar-refractivity contribution < 1.29 is 35.8 Å². The van der Waals surface area contributed by atoms with Crippen molar-refractivity contribution >= 4 is 9.24 Å². The molecule has 1 aliphatic rings. The average Bonchev–Trinajstić information content (AvgIpc) is 3.55. The highest BCUT2D eigenvalue weighted by atomic mass is 31.0. The number of hydrogen-bond acceptors (Lipinski definition) is 3. The number of nitrogens with zero attached hydrogens (tertiary/aromatic N) is 1. The lowest BCUT2D eigenvalue weighted by atomic mass is 9.91. The number of halogens is 6. The SMILES string of the molecule is Fc1ccc(C2(C(F)(P)c3ccc(-c4ccc(OCC(F)(F)F)cc4)cn3)CO2)c(F)c1. The lowest BCUT2D eigenvalue weighted by molar-refractivity contribution is -0.153. The first-order chi connectivity index (χ1) is 15.0. The summed E-state index contributed by atoms with van der Waals surface area (Å²) in [7, 11) is 2.00. The minimum atomic E-state index is -4.44. The van der Waals surface area contributed by atoms with Gasteiger partial charge in [0.1, 0.15) is 17.4 Å². The summed E-state index contributed by atoms with van der Waals surface area (Å²) in [6, 6.07) is 11.7. The lowest BCUT2D eigenvalue weighted by Gasteiger charge is -2.28. The predicted molar refractivity (Wildman–Crippen MR) is 108 cm³/mol. The summed E-state index contributed by atoms with van der Waals surface area (Å²) in [6.07, 6.45) is -3.05. The van der Waals surface area contributed by atoms with Gasteiger partial charge in [0.15, 0.2) is 17.6 Å². The maximum Gasteiger partial charge on any atom is 0.422 e. The van der Waals surface area contributed by atoms with Gasteiger partial charge in [-0.2, -0.15) is 13.2 Å². The van der Waals surface area contributed by atoms with Crippen LogP contribution < -0.4 is 4.74 Å². The van der Waals surface area contributed by atoms with Crippen LogP contribution in [0.1, 0.15) is 11.3 Å². The van der Waals surface area contributed by atoms with Crippen LogP contribution in [0.5, 0.6) is 5.75 Å². The Balaban J connectivity index is 1.54. The first kappa shape index (κ1) is 22.6. The van der Waals surface area contributed by atoms with Gasteiger partial charge in [0, 0.05) is 23.4 Å². The number of rotatable bonds is 6. The molecule has 0 amide bonds. The van der Waals surface area contributed by atoms with Crippen molar-refractivity contribution in [3.05, 3.63) is 83.7 Å². The summed E-state index contributed by atoms with van der Waals surface area (Å²) in [6.45, 7) is -1.51. The van der Waals surface area contributed by atoms with E-state index in [4.69, 9.17) is 4.74 Å². The number of alkyl halides is 4. The van der Waals surface area contributed by atoms with Crippen LogP contribution in [0.3, 0.4) is 0 Å². The fraction of sp³-hybridized carbons (Fsp3) is 0.227. The van der Waals surface area contributed by atoms with Crippen LogP contribution in [0, 0.1) is 11.6 Å². The molecular formula is C22H16F6NO2P. The molecule has 0 bridgehead atoms. The molecular weight excluding hydrogens is 455 g/mol. The maximum atomic E-state index is 15.8. The van der Waals surface area contributed by atoms with E-state index in [1.807, 2.05) is 9.24 Å². The number of benzene rings is 2. The zero-order valence-corrected chi connectivity index (χ0v) is 17.5. The van der Waals surface area contributed by atoms with Crippen LogP contribution in [0.15, 0.2) is 60.8 Å². The van der Waals surface area contributed by atoms with Gasteiger partial charge in [0.05, 0.1) is 12.3 Å². The fourth-order valence-corrected chi connectivity index (χ4v) is 3.84. The molecule has 1 saturated heterocycles. The number of ether oxygens (including phenoxy) is 2. The summed E-state index contributed by atoms with van der Waals surface area (Å²) in [5.41, 5.74) is -0.606. The standard InChI is InChI=1S/C22H16F6NO2P/c23-15-4-7-17(18(24)9-15)20(11-31-20)22(28,32)19-8-3-14(10-29-19)13-1-5-16(6-2-13)30-12-21(25,26)27/h1-10H,11-12,32H2. The molecule has 1 aromatic heterocycles. The Hall–Kier alpha value is -2.64. The minimum Gasteiger partial charge on any atom is -0.484 e. The molecule has 2 aromatic carbocycles. The van der Waals surface area contributed by atoms with Crippen LogP contribution in [0.4, 0.5) is 26.3 Å². The second kappa shape index (κ2) is 8.05. The van der Waals surface area contributed by atoms with Crippen LogP contribution in [-0.4, -0.2) is 24.4 Å². The Morgan fingerprint density at radius 1 is 0.969 bits per heavy atom. The fourth-order valence-electron chi connectivity index (χ4n) is 3.35. The topological polar surface area (TPSA) is 34.6 Å². The second-order valence-electron chi connectivity index (χ2n) is 7.31. The van der Waals surface area contributed by atoms with E-state index in [0.717, 1.165) is 12.1 Å². The molecule has 10 heteroatoms. The first-order valence-corrected chi connectivity index (χ1v) is 9.93. The molecule has 3 atom stereocenters. The van der Waals surface area contributed by atoms with E-state index in [9.17, 15) is 22.0 Å². The van der Waals surface area contributed by atoms with E-state index >= 15 is 4.39 Å². The summed E-state index contributed by atoms with van der Waals surface area (Å²) >= 11 is 0. The quantitative estimate of drug-likeness (QED) is 0.256. The van der Waals surface area contributed by atoms with Crippen molar-refractivity contribution in [1.29, 1.82) is 0 Å². The highest BCUT2D eigenvalue weighted by Gasteiger charge is 2.64. The second-order valence-corrected chi connectivity index (χ2v) is 8.11. The molecule has 0 radical (unpaired) electrons. The third-order valence-corrected chi connectivity index (χ3v) is 5.88. The summed E-state index contributed by atoms with van der Waals surface area (Å²) in [5, 5.41) is -2.29. The number of pyridine rings is 1. The zero-order chi connectivity index (χ0) is 23.1. The van der Waals surface area contributed by atoms with E-state index in [1.165, 1.54) is 24.4 Å². The molecule has 0 aliphatic carbocycles. The molecule has 3 nitrogen and oxygen atoms in total. The highest BCUT2D eigenvalue weighted by molar-refractivity contribution is 7.18. The first-order valence-electron chi connectivity index (χ1n) is 9.36. The smallest absolute Gasteiger partial charge is 0.422 e.